The molecular weight excluding hydrogens is 546 g/mol. The number of carbonyl (C=O) groups excluding carboxylic acids is 4. The van der Waals surface area contributed by atoms with E-state index in [1.165, 1.54) is 24.3 Å². The third-order valence-corrected chi connectivity index (χ3v) is 7.25. The summed E-state index contributed by atoms with van der Waals surface area (Å²) in [7, 11) is -3.80. The Morgan fingerprint density at radius 3 is 1.77 bits per heavy atom. The Bertz CT molecular complexity index is 1100. The first-order chi connectivity index (χ1) is 18.7. The Balaban J connectivity index is 2.81. The van der Waals surface area contributed by atoms with Gasteiger partial charge in [-0.3, -0.25) is 19.2 Å². The van der Waals surface area contributed by atoms with E-state index < -0.39 is 76.9 Å². The first-order valence-corrected chi connectivity index (χ1v) is 14.3. The third-order valence-electron chi connectivity index (χ3n) is 5.77. The summed E-state index contributed by atoms with van der Waals surface area (Å²) in [4.78, 5) is 50.1. The van der Waals surface area contributed by atoms with Crippen molar-refractivity contribution in [3.8, 4) is 0 Å². The summed E-state index contributed by atoms with van der Waals surface area (Å²) in [6.07, 6.45) is 2.19. The fourth-order valence-corrected chi connectivity index (χ4v) is 4.49. The van der Waals surface area contributed by atoms with Crippen LogP contribution in [0.15, 0.2) is 29.2 Å². The van der Waals surface area contributed by atoms with Crippen LogP contribution in [0.3, 0.4) is 0 Å². The Kier molecular flexibility index (Phi) is 14.3. The van der Waals surface area contributed by atoms with Crippen molar-refractivity contribution >= 4 is 33.5 Å². The summed E-state index contributed by atoms with van der Waals surface area (Å²) >= 11 is 0. The van der Waals surface area contributed by atoms with Gasteiger partial charge in [0.25, 0.3) is 5.91 Å². The predicted octanol–water partition coefficient (Wildman–Crippen LogP) is -2.25. The van der Waals surface area contributed by atoms with E-state index in [2.05, 4.69) is 20.7 Å². The Labute approximate surface area is 234 Å². The summed E-state index contributed by atoms with van der Waals surface area (Å²) in [5.74, 6) is -3.25. The number of hydrogen-bond acceptors (Lipinski definition) is 10. The molecule has 0 radical (unpaired) electrons. The molecule has 0 aliphatic heterocycles. The molecule has 0 aromatic heterocycles. The molecule has 0 bridgehead atoms. The highest BCUT2D eigenvalue weighted by molar-refractivity contribution is 7.89. The number of sulfonamides is 1. The molecular formula is C25H41N5O9S. The van der Waals surface area contributed by atoms with Crippen LogP contribution in [0.5, 0.6) is 0 Å². The molecule has 3 amide bonds. The fourth-order valence-electron chi connectivity index (χ4n) is 3.41. The number of unbranched alkanes of at least 4 members (excludes halogenated alkanes) is 2. The Morgan fingerprint density at radius 1 is 0.800 bits per heavy atom. The number of hydrogen-bond donors (Lipinski definition) is 8. The van der Waals surface area contributed by atoms with Crippen LogP contribution in [0.4, 0.5) is 0 Å². The van der Waals surface area contributed by atoms with Crippen LogP contribution in [0.25, 0.3) is 0 Å². The van der Waals surface area contributed by atoms with Gasteiger partial charge in [0.2, 0.25) is 21.8 Å². The number of nitrogens with one attached hydrogen (secondary N) is 4. The summed E-state index contributed by atoms with van der Waals surface area (Å²) in [5.41, 5.74) is 4.53. The average molecular weight is 588 g/mol. The van der Waals surface area contributed by atoms with Gasteiger partial charge in [-0.1, -0.05) is 27.2 Å². The van der Waals surface area contributed by atoms with Gasteiger partial charge in [0, 0.05) is 17.5 Å². The van der Waals surface area contributed by atoms with Gasteiger partial charge in [0.15, 0.2) is 5.78 Å². The molecule has 0 aliphatic rings. The molecule has 1 rings (SSSR count). The van der Waals surface area contributed by atoms with E-state index in [-0.39, 0.29) is 17.0 Å². The highest BCUT2D eigenvalue weighted by Gasteiger charge is 2.33. The number of ketones is 1. The zero-order valence-electron chi connectivity index (χ0n) is 23.0. The predicted molar refractivity (Wildman–Crippen MR) is 145 cm³/mol. The molecule has 0 fully saturated rings. The highest BCUT2D eigenvalue weighted by atomic mass is 32.2. The lowest BCUT2D eigenvalue weighted by atomic mass is 9.86. The molecule has 0 heterocycles. The van der Waals surface area contributed by atoms with Gasteiger partial charge in [-0.2, -0.15) is 0 Å². The van der Waals surface area contributed by atoms with Crippen molar-refractivity contribution in [2.75, 3.05) is 32.9 Å². The third kappa shape index (κ3) is 10.9. The van der Waals surface area contributed by atoms with Crippen molar-refractivity contribution in [2.45, 2.75) is 63.1 Å². The minimum atomic E-state index is -3.80. The number of rotatable bonds is 17. The maximum absolute atomic E-state index is 12.6. The lowest BCUT2D eigenvalue weighted by molar-refractivity contribution is -0.136. The SMILES string of the molecule is CC(C)(C)C(=O)[C@@H](CO)NC(=O)[C@@H](CO)NC(=O)[C@@H](CO)NC(=O)c1ccc(S(=O)(=O)NCCCCCN)cc1. The van der Waals surface area contributed by atoms with Crippen molar-refractivity contribution in [3.63, 3.8) is 0 Å². The van der Waals surface area contributed by atoms with Crippen LogP contribution in [0.2, 0.25) is 0 Å². The minimum absolute atomic E-state index is 0.00363. The van der Waals surface area contributed by atoms with Crippen LogP contribution < -0.4 is 26.4 Å². The Morgan fingerprint density at radius 2 is 1.30 bits per heavy atom. The number of aliphatic hydroxyl groups excluding tert-OH is 3. The van der Waals surface area contributed by atoms with E-state index in [4.69, 9.17) is 5.73 Å². The van der Waals surface area contributed by atoms with E-state index in [1.807, 2.05) is 0 Å². The molecule has 0 saturated heterocycles. The van der Waals surface area contributed by atoms with Gasteiger partial charge in [0.1, 0.15) is 18.1 Å². The zero-order valence-corrected chi connectivity index (χ0v) is 23.8. The molecule has 1 aromatic rings. The van der Waals surface area contributed by atoms with E-state index >= 15 is 0 Å². The molecule has 0 spiro atoms. The standard InChI is InChI=1S/C25H41N5O9S/c1-25(2,3)21(34)18(13-31)28-23(36)20(15-33)30-24(37)19(14-32)29-22(35)16-7-9-17(10-8-16)40(38,39)27-12-6-4-5-11-26/h7-10,18-20,27,31-33H,4-6,11-15,26H2,1-3H3,(H,28,36)(H,29,35)(H,30,37)/t18-,19-,20-/m1/s1. The van der Waals surface area contributed by atoms with Crippen molar-refractivity contribution in [1.29, 1.82) is 0 Å². The molecule has 14 nitrogen and oxygen atoms in total. The van der Waals surface area contributed by atoms with Gasteiger partial charge in [-0.05, 0) is 43.7 Å². The van der Waals surface area contributed by atoms with Crippen LogP contribution >= 0.6 is 0 Å². The second-order valence-electron chi connectivity index (χ2n) is 10.1. The topological polar surface area (TPSA) is 237 Å². The molecule has 15 heteroatoms. The van der Waals surface area contributed by atoms with Gasteiger partial charge < -0.3 is 37.0 Å². The Hall–Kier alpha value is -2.95. The van der Waals surface area contributed by atoms with Crippen LogP contribution in [0.1, 0.15) is 50.4 Å². The minimum Gasteiger partial charge on any atom is -0.394 e. The van der Waals surface area contributed by atoms with Crippen molar-refractivity contribution < 1.29 is 42.9 Å². The number of benzene rings is 1. The van der Waals surface area contributed by atoms with Crippen molar-refractivity contribution in [3.05, 3.63) is 29.8 Å². The van der Waals surface area contributed by atoms with E-state index in [0.29, 0.717) is 13.0 Å². The molecule has 0 saturated carbocycles. The summed E-state index contributed by atoms with van der Waals surface area (Å²) in [6.45, 7) is 3.12. The van der Waals surface area contributed by atoms with E-state index in [1.54, 1.807) is 20.8 Å². The average Bonchev–Trinajstić information content (AvgIpc) is 2.91. The second kappa shape index (κ2) is 16.3. The first-order valence-electron chi connectivity index (χ1n) is 12.8. The quantitative estimate of drug-likeness (QED) is 0.0911. The molecule has 9 N–H and O–H groups in total. The number of carbonyl (C=O) groups is 4. The molecule has 1 aromatic carbocycles. The lowest BCUT2D eigenvalue weighted by Crippen LogP contribution is -2.58. The highest BCUT2D eigenvalue weighted by Crippen LogP contribution is 2.17. The van der Waals surface area contributed by atoms with Gasteiger partial charge >= 0.3 is 0 Å². The summed E-state index contributed by atoms with van der Waals surface area (Å²) < 4.78 is 27.3. The van der Waals surface area contributed by atoms with Gasteiger partial charge in [-0.25, -0.2) is 13.1 Å². The number of aliphatic hydroxyl groups is 3. The largest absolute Gasteiger partial charge is 0.394 e. The van der Waals surface area contributed by atoms with Crippen molar-refractivity contribution in [1.82, 2.24) is 20.7 Å². The maximum atomic E-state index is 12.6. The summed E-state index contributed by atoms with van der Waals surface area (Å²) in [5, 5.41) is 35.5. The number of nitrogens with two attached hydrogens (primary N) is 1. The van der Waals surface area contributed by atoms with E-state index in [9.17, 15) is 42.9 Å². The lowest BCUT2D eigenvalue weighted by Gasteiger charge is -2.26. The van der Waals surface area contributed by atoms with Gasteiger partial charge in [-0.15, -0.1) is 0 Å². The van der Waals surface area contributed by atoms with Gasteiger partial charge in [0.05, 0.1) is 24.7 Å². The van der Waals surface area contributed by atoms with Crippen LogP contribution in [-0.2, 0) is 24.4 Å². The van der Waals surface area contributed by atoms with Crippen LogP contribution in [-0.4, -0.2) is 98.3 Å². The molecule has 40 heavy (non-hydrogen) atoms. The zero-order chi connectivity index (χ0) is 30.5. The summed E-state index contributed by atoms with van der Waals surface area (Å²) in [6, 6.07) is 0.545. The van der Waals surface area contributed by atoms with Crippen LogP contribution in [0, 0.1) is 5.41 Å². The normalized spacial score (nSPS) is 14.1. The fraction of sp³-hybridized carbons (Fsp3) is 0.600. The number of amides is 3. The first kappa shape index (κ1) is 35.1. The monoisotopic (exact) mass is 587 g/mol. The second-order valence-corrected chi connectivity index (χ2v) is 11.8. The molecule has 0 unspecified atom stereocenters. The van der Waals surface area contributed by atoms with E-state index in [0.717, 1.165) is 12.8 Å². The maximum Gasteiger partial charge on any atom is 0.251 e. The molecule has 226 valence electrons. The van der Waals surface area contributed by atoms with Crippen molar-refractivity contribution in [2.24, 2.45) is 11.1 Å². The molecule has 3 atom stereocenters. The smallest absolute Gasteiger partial charge is 0.251 e. The molecule has 0 aliphatic carbocycles. The number of Topliss-reactive ketones (excluding diaryl/α,β-unsaturated/α-hetero) is 1.